The number of amidine groups is 1. The lowest BCUT2D eigenvalue weighted by Crippen LogP contribution is -2.28. The fourth-order valence-corrected chi connectivity index (χ4v) is 1.14. The maximum Gasteiger partial charge on any atom is 0.311 e. The monoisotopic (exact) mass is 216 g/mol. The van der Waals surface area contributed by atoms with E-state index in [4.69, 9.17) is 16.9 Å². The van der Waals surface area contributed by atoms with Crippen molar-refractivity contribution in [1.29, 1.82) is 0 Å². The molecule has 1 atom stereocenters. The molecule has 0 saturated carbocycles. The minimum absolute atomic E-state index is 0. The number of rotatable bonds is 2. The van der Waals surface area contributed by atoms with Crippen LogP contribution in [0.4, 0.5) is 0 Å². The fourth-order valence-electron chi connectivity index (χ4n) is 1.14. The summed E-state index contributed by atoms with van der Waals surface area (Å²) in [5.41, 5.74) is 5.46. The molecular weight excluding hydrogens is 204 g/mol. The van der Waals surface area contributed by atoms with Crippen molar-refractivity contribution in [3.63, 3.8) is 0 Å². The van der Waals surface area contributed by atoms with E-state index in [1.165, 1.54) is 0 Å². The molecule has 1 aliphatic heterocycles. The number of carbonyl (C=O) groups is 1. The fraction of sp³-hybridized carbons (Fsp3) is 0.556. The number of carbonyl (C=O) groups excluding carboxylic acids is 1. The second-order valence-corrected chi connectivity index (χ2v) is 2.88. The zero-order valence-electron chi connectivity index (χ0n) is 7.73. The molecule has 14 heavy (non-hydrogen) atoms. The standard InChI is InChI=1S/C9H12N2O2.ClH/c1-2-5-13-9(12)7-3-4-8(10)11-6-7;/h1,7H,3-6H2,(H2,10,11);1H. The Balaban J connectivity index is 0.00000169. The molecule has 0 fully saturated rings. The Labute approximate surface area is 89.3 Å². The van der Waals surface area contributed by atoms with Crippen molar-refractivity contribution in [3.05, 3.63) is 0 Å². The first-order chi connectivity index (χ1) is 6.24. The highest BCUT2D eigenvalue weighted by atomic mass is 35.5. The molecule has 78 valence electrons. The van der Waals surface area contributed by atoms with Crippen LogP contribution in [0.1, 0.15) is 12.8 Å². The van der Waals surface area contributed by atoms with Crippen molar-refractivity contribution >= 4 is 24.2 Å². The Hall–Kier alpha value is -1.21. The first-order valence-electron chi connectivity index (χ1n) is 4.13. The van der Waals surface area contributed by atoms with E-state index in [-0.39, 0.29) is 30.9 Å². The van der Waals surface area contributed by atoms with Crippen LogP contribution < -0.4 is 5.73 Å². The van der Waals surface area contributed by atoms with E-state index in [9.17, 15) is 4.79 Å². The van der Waals surface area contributed by atoms with Gasteiger partial charge in [-0.15, -0.1) is 18.8 Å². The van der Waals surface area contributed by atoms with E-state index in [2.05, 4.69) is 10.9 Å². The van der Waals surface area contributed by atoms with Gasteiger partial charge in [-0.05, 0) is 6.42 Å². The van der Waals surface area contributed by atoms with Gasteiger partial charge in [0.05, 0.1) is 18.3 Å². The van der Waals surface area contributed by atoms with Crippen LogP contribution in [0.2, 0.25) is 0 Å². The molecule has 0 spiro atoms. The van der Waals surface area contributed by atoms with Crippen LogP contribution in [0, 0.1) is 18.3 Å². The normalized spacial score (nSPS) is 19.9. The van der Waals surface area contributed by atoms with E-state index in [1.54, 1.807) is 0 Å². The highest BCUT2D eigenvalue weighted by molar-refractivity contribution is 5.85. The third kappa shape index (κ3) is 3.67. The Morgan fingerprint density at radius 2 is 2.50 bits per heavy atom. The van der Waals surface area contributed by atoms with Gasteiger partial charge < -0.3 is 10.5 Å². The average Bonchev–Trinajstić information content (AvgIpc) is 2.15. The minimum atomic E-state index is -0.269. The van der Waals surface area contributed by atoms with Gasteiger partial charge in [-0.2, -0.15) is 0 Å². The number of hydrogen-bond acceptors (Lipinski definition) is 4. The summed E-state index contributed by atoms with van der Waals surface area (Å²) in [5.74, 6) is 2.42. The number of terminal acetylenes is 1. The molecule has 0 saturated heterocycles. The van der Waals surface area contributed by atoms with Crippen LogP contribution in [0.3, 0.4) is 0 Å². The van der Waals surface area contributed by atoms with E-state index in [0.29, 0.717) is 25.2 Å². The molecule has 1 unspecified atom stereocenters. The summed E-state index contributed by atoms with van der Waals surface area (Å²) >= 11 is 0. The van der Waals surface area contributed by atoms with E-state index >= 15 is 0 Å². The van der Waals surface area contributed by atoms with Crippen molar-refractivity contribution in [1.82, 2.24) is 0 Å². The smallest absolute Gasteiger partial charge is 0.311 e. The number of nitrogens with two attached hydrogens (primary N) is 1. The first-order valence-corrected chi connectivity index (χ1v) is 4.13. The summed E-state index contributed by atoms with van der Waals surface area (Å²) in [6, 6.07) is 0. The molecule has 0 aliphatic carbocycles. The van der Waals surface area contributed by atoms with Gasteiger partial charge in [-0.25, -0.2) is 0 Å². The molecule has 0 amide bonds. The van der Waals surface area contributed by atoms with Crippen molar-refractivity contribution in [2.45, 2.75) is 12.8 Å². The Morgan fingerprint density at radius 1 is 1.79 bits per heavy atom. The van der Waals surface area contributed by atoms with Crippen LogP contribution in [0.15, 0.2) is 4.99 Å². The summed E-state index contributed by atoms with van der Waals surface area (Å²) in [6.07, 6.45) is 6.32. The topological polar surface area (TPSA) is 64.7 Å². The summed E-state index contributed by atoms with van der Waals surface area (Å²) in [5, 5.41) is 0. The van der Waals surface area contributed by atoms with Crippen LogP contribution in [-0.4, -0.2) is 25.0 Å². The summed E-state index contributed by atoms with van der Waals surface area (Å²) in [6.45, 7) is 0.462. The number of nitrogens with zero attached hydrogens (tertiary/aromatic N) is 1. The van der Waals surface area contributed by atoms with Gasteiger partial charge >= 0.3 is 5.97 Å². The van der Waals surface area contributed by atoms with Gasteiger partial charge in [-0.1, -0.05) is 5.92 Å². The number of ether oxygens (including phenoxy) is 1. The highest BCUT2D eigenvalue weighted by Gasteiger charge is 2.22. The second-order valence-electron chi connectivity index (χ2n) is 2.88. The van der Waals surface area contributed by atoms with E-state index in [1.807, 2.05) is 0 Å². The number of aliphatic imine (C=N–C) groups is 1. The molecule has 0 aromatic carbocycles. The van der Waals surface area contributed by atoms with Gasteiger partial charge in [0.15, 0.2) is 6.61 Å². The molecule has 0 radical (unpaired) electrons. The molecule has 1 aliphatic rings. The number of hydrogen-bond donors (Lipinski definition) is 1. The maximum atomic E-state index is 11.2. The molecule has 4 nitrogen and oxygen atoms in total. The SMILES string of the molecule is C#CCOC(=O)C1CCC(N)=NC1.Cl. The quantitative estimate of drug-likeness (QED) is 0.535. The Bertz CT molecular complexity index is 270. The summed E-state index contributed by atoms with van der Waals surface area (Å²) in [7, 11) is 0. The Kier molecular flexibility index (Phi) is 5.73. The van der Waals surface area contributed by atoms with Gasteiger partial charge in [-0.3, -0.25) is 9.79 Å². The van der Waals surface area contributed by atoms with Crippen molar-refractivity contribution in [2.75, 3.05) is 13.2 Å². The lowest BCUT2D eigenvalue weighted by Gasteiger charge is -2.17. The van der Waals surface area contributed by atoms with Gasteiger partial charge in [0, 0.05) is 6.42 Å². The van der Waals surface area contributed by atoms with Crippen molar-refractivity contribution in [3.8, 4) is 12.3 Å². The molecule has 0 bridgehead atoms. The predicted octanol–water partition coefficient (Wildman–Crippen LogP) is 0.352. The lowest BCUT2D eigenvalue weighted by atomic mass is 10.0. The lowest BCUT2D eigenvalue weighted by molar-refractivity contribution is -0.146. The summed E-state index contributed by atoms with van der Waals surface area (Å²) in [4.78, 5) is 15.2. The molecule has 1 heterocycles. The number of esters is 1. The highest BCUT2D eigenvalue weighted by Crippen LogP contribution is 2.13. The minimum Gasteiger partial charge on any atom is -0.452 e. The number of halogens is 1. The van der Waals surface area contributed by atoms with Gasteiger partial charge in [0.1, 0.15) is 0 Å². The van der Waals surface area contributed by atoms with Crippen LogP contribution in [0.25, 0.3) is 0 Å². The molecular formula is C9H13ClN2O2. The van der Waals surface area contributed by atoms with Crippen LogP contribution in [-0.2, 0) is 9.53 Å². The largest absolute Gasteiger partial charge is 0.452 e. The molecule has 5 heteroatoms. The summed E-state index contributed by atoms with van der Waals surface area (Å²) < 4.78 is 4.78. The third-order valence-electron chi connectivity index (χ3n) is 1.89. The average molecular weight is 217 g/mol. The Morgan fingerprint density at radius 3 is 3.00 bits per heavy atom. The van der Waals surface area contributed by atoms with Gasteiger partial charge in [0.25, 0.3) is 0 Å². The molecule has 2 N–H and O–H groups in total. The maximum absolute atomic E-state index is 11.2. The zero-order chi connectivity index (χ0) is 9.68. The second kappa shape index (κ2) is 6.28. The van der Waals surface area contributed by atoms with Crippen molar-refractivity contribution in [2.24, 2.45) is 16.6 Å². The van der Waals surface area contributed by atoms with Crippen molar-refractivity contribution < 1.29 is 9.53 Å². The molecule has 1 rings (SSSR count). The zero-order valence-corrected chi connectivity index (χ0v) is 8.55. The molecule has 0 aromatic rings. The van der Waals surface area contributed by atoms with Gasteiger partial charge in [0.2, 0.25) is 0 Å². The predicted molar refractivity (Wildman–Crippen MR) is 56.3 cm³/mol. The third-order valence-corrected chi connectivity index (χ3v) is 1.89. The first kappa shape index (κ1) is 12.8. The van der Waals surface area contributed by atoms with E-state index in [0.717, 1.165) is 0 Å². The van der Waals surface area contributed by atoms with E-state index < -0.39 is 0 Å². The molecule has 0 aromatic heterocycles. The van der Waals surface area contributed by atoms with Crippen LogP contribution in [0.5, 0.6) is 0 Å². The van der Waals surface area contributed by atoms with Crippen LogP contribution >= 0.6 is 12.4 Å².